The van der Waals surface area contributed by atoms with Crippen LogP contribution in [0.3, 0.4) is 0 Å². The fourth-order valence-electron chi connectivity index (χ4n) is 1.85. The molecular formula is C17H30O2Si2. The van der Waals surface area contributed by atoms with E-state index >= 15 is 0 Å². The Morgan fingerprint density at radius 2 is 1.62 bits per heavy atom. The number of ether oxygens (including phenoxy) is 1. The SMILES string of the molecule is C[Si](C)(C)/C=C/[C@H](COCc1ccccc1)O[Si](C)(C)C. The lowest BCUT2D eigenvalue weighted by Crippen LogP contribution is -2.34. The van der Waals surface area contributed by atoms with Gasteiger partial charge in [-0.3, -0.25) is 0 Å². The molecule has 0 aliphatic rings. The van der Waals surface area contributed by atoms with E-state index in [-0.39, 0.29) is 6.10 Å². The van der Waals surface area contributed by atoms with E-state index in [1.165, 1.54) is 5.56 Å². The van der Waals surface area contributed by atoms with E-state index < -0.39 is 16.4 Å². The molecule has 0 aliphatic carbocycles. The molecule has 1 aromatic rings. The molecule has 4 heteroatoms. The van der Waals surface area contributed by atoms with Crippen molar-refractivity contribution in [2.24, 2.45) is 0 Å². The second-order valence-electron chi connectivity index (χ2n) is 7.49. The largest absolute Gasteiger partial charge is 0.409 e. The molecule has 0 heterocycles. The summed E-state index contributed by atoms with van der Waals surface area (Å²) in [5, 5.41) is 0. The molecule has 0 amide bonds. The van der Waals surface area contributed by atoms with Crippen LogP contribution in [0.2, 0.25) is 39.3 Å². The topological polar surface area (TPSA) is 18.5 Å². The van der Waals surface area contributed by atoms with Gasteiger partial charge in [-0.25, -0.2) is 0 Å². The van der Waals surface area contributed by atoms with Gasteiger partial charge >= 0.3 is 0 Å². The Balaban J connectivity index is 2.54. The third-order valence-electron chi connectivity index (χ3n) is 2.71. The van der Waals surface area contributed by atoms with Crippen molar-refractivity contribution in [1.29, 1.82) is 0 Å². The molecule has 1 rings (SSSR count). The number of rotatable bonds is 8. The van der Waals surface area contributed by atoms with Crippen LogP contribution in [0.15, 0.2) is 42.1 Å². The minimum absolute atomic E-state index is 0.0760. The molecule has 0 N–H and O–H groups in total. The Bertz CT molecular complexity index is 430. The van der Waals surface area contributed by atoms with E-state index in [0.717, 1.165) is 0 Å². The van der Waals surface area contributed by atoms with Crippen LogP contribution in [0.4, 0.5) is 0 Å². The van der Waals surface area contributed by atoms with Gasteiger partial charge in [-0.15, -0.1) is 0 Å². The molecule has 118 valence electrons. The Labute approximate surface area is 132 Å². The summed E-state index contributed by atoms with van der Waals surface area (Å²) in [4.78, 5) is 0. The van der Waals surface area contributed by atoms with Gasteiger partial charge in [-0.05, 0) is 25.2 Å². The number of hydrogen-bond donors (Lipinski definition) is 0. The molecule has 0 fully saturated rings. The van der Waals surface area contributed by atoms with Crippen LogP contribution < -0.4 is 0 Å². The molecule has 0 radical (unpaired) electrons. The zero-order valence-corrected chi connectivity index (χ0v) is 16.3. The highest BCUT2D eigenvalue weighted by molar-refractivity contribution is 6.81. The van der Waals surface area contributed by atoms with Gasteiger partial charge in [-0.2, -0.15) is 0 Å². The van der Waals surface area contributed by atoms with Gasteiger partial charge in [0, 0.05) is 0 Å². The summed E-state index contributed by atoms with van der Waals surface area (Å²) in [5.41, 5.74) is 3.56. The molecule has 21 heavy (non-hydrogen) atoms. The van der Waals surface area contributed by atoms with E-state index in [0.29, 0.717) is 13.2 Å². The van der Waals surface area contributed by atoms with E-state index in [1.54, 1.807) is 0 Å². The quantitative estimate of drug-likeness (QED) is 0.637. The standard InChI is InChI=1S/C17H30O2Si2/c1-20(2,3)13-12-17(19-21(4,5)6)15-18-14-16-10-8-7-9-11-16/h7-13,17H,14-15H2,1-6H3/b13-12+/t17-/m1/s1. The summed E-state index contributed by atoms with van der Waals surface area (Å²) in [7, 11) is -2.76. The molecule has 1 atom stereocenters. The third kappa shape index (κ3) is 9.79. The van der Waals surface area contributed by atoms with Crippen LogP contribution >= 0.6 is 0 Å². The zero-order chi connectivity index (χ0) is 15.9. The van der Waals surface area contributed by atoms with Crippen LogP contribution in [0.1, 0.15) is 5.56 Å². The summed E-state index contributed by atoms with van der Waals surface area (Å²) < 4.78 is 12.1. The van der Waals surface area contributed by atoms with Crippen molar-refractivity contribution in [3.05, 3.63) is 47.7 Å². The Morgan fingerprint density at radius 1 is 1.00 bits per heavy atom. The van der Waals surface area contributed by atoms with Crippen LogP contribution in [0.25, 0.3) is 0 Å². The minimum Gasteiger partial charge on any atom is -0.409 e. The molecule has 0 aromatic heterocycles. The van der Waals surface area contributed by atoms with Gasteiger partial charge < -0.3 is 9.16 Å². The average molecular weight is 323 g/mol. The average Bonchev–Trinajstić information content (AvgIpc) is 2.34. The Morgan fingerprint density at radius 3 is 2.14 bits per heavy atom. The monoisotopic (exact) mass is 322 g/mol. The third-order valence-corrected chi connectivity index (χ3v) is 4.91. The first-order valence-electron chi connectivity index (χ1n) is 7.65. The highest BCUT2D eigenvalue weighted by Gasteiger charge is 2.20. The fraction of sp³-hybridized carbons (Fsp3) is 0.529. The predicted octanol–water partition coefficient (Wildman–Crippen LogP) is 4.86. The normalized spacial score (nSPS) is 14.6. The maximum absolute atomic E-state index is 6.22. The van der Waals surface area contributed by atoms with E-state index in [4.69, 9.17) is 9.16 Å². The van der Waals surface area contributed by atoms with Crippen molar-refractivity contribution in [2.75, 3.05) is 6.61 Å². The van der Waals surface area contributed by atoms with Crippen molar-refractivity contribution >= 4 is 16.4 Å². The van der Waals surface area contributed by atoms with Crippen molar-refractivity contribution in [3.8, 4) is 0 Å². The Hall–Kier alpha value is -0.686. The van der Waals surface area contributed by atoms with Crippen molar-refractivity contribution < 1.29 is 9.16 Å². The molecule has 2 nitrogen and oxygen atoms in total. The van der Waals surface area contributed by atoms with E-state index in [2.05, 4.69) is 63.2 Å². The highest BCUT2D eigenvalue weighted by atomic mass is 28.4. The number of benzene rings is 1. The maximum Gasteiger partial charge on any atom is 0.184 e. The zero-order valence-electron chi connectivity index (χ0n) is 14.3. The second kappa shape index (κ2) is 8.08. The molecule has 1 aromatic carbocycles. The van der Waals surface area contributed by atoms with Gasteiger partial charge in [0.1, 0.15) is 0 Å². The van der Waals surface area contributed by atoms with Crippen molar-refractivity contribution in [2.45, 2.75) is 52.0 Å². The molecule has 0 saturated heterocycles. The van der Waals surface area contributed by atoms with Crippen LogP contribution in [-0.2, 0) is 15.8 Å². The Kier molecular flexibility index (Phi) is 7.07. The van der Waals surface area contributed by atoms with Crippen molar-refractivity contribution in [3.63, 3.8) is 0 Å². The van der Waals surface area contributed by atoms with Gasteiger partial charge in [0.05, 0.1) is 27.4 Å². The molecule has 0 bridgehead atoms. The summed E-state index contributed by atoms with van der Waals surface area (Å²) in [6.07, 6.45) is 2.29. The predicted molar refractivity (Wildman–Crippen MR) is 96.8 cm³/mol. The van der Waals surface area contributed by atoms with Crippen LogP contribution in [0.5, 0.6) is 0 Å². The first kappa shape index (κ1) is 18.4. The molecule has 0 unspecified atom stereocenters. The van der Waals surface area contributed by atoms with Crippen LogP contribution in [-0.4, -0.2) is 29.1 Å². The van der Waals surface area contributed by atoms with Gasteiger partial charge in [-0.1, -0.05) is 61.7 Å². The molecular weight excluding hydrogens is 292 g/mol. The van der Waals surface area contributed by atoms with Crippen LogP contribution in [0, 0.1) is 0 Å². The molecule has 0 aliphatic heterocycles. The summed E-state index contributed by atoms with van der Waals surface area (Å²) >= 11 is 0. The lowest BCUT2D eigenvalue weighted by atomic mass is 10.2. The lowest BCUT2D eigenvalue weighted by Gasteiger charge is -2.25. The van der Waals surface area contributed by atoms with Gasteiger partial charge in [0.25, 0.3) is 0 Å². The lowest BCUT2D eigenvalue weighted by molar-refractivity contribution is 0.0580. The summed E-state index contributed by atoms with van der Waals surface area (Å²) in [5.74, 6) is 0. The minimum atomic E-state index is -1.56. The maximum atomic E-state index is 6.22. The molecule has 0 spiro atoms. The van der Waals surface area contributed by atoms with E-state index in [1.807, 2.05) is 18.2 Å². The highest BCUT2D eigenvalue weighted by Crippen LogP contribution is 2.12. The second-order valence-corrected chi connectivity index (χ2v) is 17.0. The van der Waals surface area contributed by atoms with Gasteiger partial charge in [0.2, 0.25) is 0 Å². The van der Waals surface area contributed by atoms with E-state index in [9.17, 15) is 0 Å². The van der Waals surface area contributed by atoms with Crippen molar-refractivity contribution in [1.82, 2.24) is 0 Å². The number of hydrogen-bond acceptors (Lipinski definition) is 2. The first-order valence-corrected chi connectivity index (χ1v) is 14.6. The first-order chi connectivity index (χ1) is 9.66. The summed E-state index contributed by atoms with van der Waals surface area (Å²) in [6.45, 7) is 14.9. The summed E-state index contributed by atoms with van der Waals surface area (Å²) in [6, 6.07) is 10.3. The smallest absolute Gasteiger partial charge is 0.184 e. The molecule has 0 saturated carbocycles. The fourth-order valence-corrected chi connectivity index (χ4v) is 3.69. The van der Waals surface area contributed by atoms with Gasteiger partial charge in [0.15, 0.2) is 8.32 Å².